The Morgan fingerprint density at radius 2 is 1.40 bits per heavy atom. The first kappa shape index (κ1) is 27.3. The van der Waals surface area contributed by atoms with Crippen LogP contribution in [0.15, 0.2) is 30.3 Å². The average Bonchev–Trinajstić information content (AvgIpc) is 2.51. The maximum absolute atomic E-state index is 7.50. The minimum absolute atomic E-state index is 0. The van der Waals surface area contributed by atoms with Gasteiger partial charge >= 0.3 is 33.9 Å². The van der Waals surface area contributed by atoms with E-state index in [4.69, 9.17) is 14.0 Å². The van der Waals surface area contributed by atoms with Crippen LogP contribution in [0.3, 0.4) is 0 Å². The molecule has 108 valence electrons. The topological polar surface area (TPSA) is 71.7 Å². The molecule has 0 aliphatic heterocycles. The smallest absolute Gasteiger partial charge is 0 e. The molecule has 1 aromatic carbocycles. The van der Waals surface area contributed by atoms with E-state index in [2.05, 4.69) is 57.7 Å². The molecule has 0 bridgehead atoms. The van der Waals surface area contributed by atoms with Crippen LogP contribution < -0.4 is 5.32 Å². The summed E-state index contributed by atoms with van der Waals surface area (Å²) in [6.07, 6.45) is 4.10. The average molecular weight is 317 g/mol. The minimum atomic E-state index is 0. The summed E-state index contributed by atoms with van der Waals surface area (Å²) in [7, 11) is 0. The third-order valence-electron chi connectivity index (χ3n) is 1.61. The van der Waals surface area contributed by atoms with E-state index in [1.54, 1.807) is 0 Å². The monoisotopic (exact) mass is 317 g/mol. The van der Waals surface area contributed by atoms with Crippen LogP contribution in [-0.2, 0) is 30.7 Å². The molecule has 0 amide bonds. The van der Waals surface area contributed by atoms with Gasteiger partial charge in [0.15, 0.2) is 0 Å². The van der Waals surface area contributed by atoms with Crippen LogP contribution in [0, 0.1) is 39.3 Å². The van der Waals surface area contributed by atoms with Crippen molar-refractivity contribution in [2.24, 2.45) is 0 Å². The zero-order chi connectivity index (χ0) is 15.5. The molecule has 4 radical (unpaired) electrons. The van der Waals surface area contributed by atoms with Gasteiger partial charge in [0.1, 0.15) is 0 Å². The molecule has 5 heteroatoms. The Bertz CT molecular complexity index is 320. The third-order valence-corrected chi connectivity index (χ3v) is 1.61. The molecular formula is C15H16CoNO3. The summed E-state index contributed by atoms with van der Waals surface area (Å²) in [5.41, 5.74) is 1.23. The maximum Gasteiger partial charge on any atom is 0 e. The second-order valence-electron chi connectivity index (χ2n) is 3.26. The van der Waals surface area contributed by atoms with Gasteiger partial charge in [-0.15, -0.1) is 0 Å². The first-order valence-corrected chi connectivity index (χ1v) is 5.21. The standard InChI is InChI=1S/C12H16N.3CO.Co/c1-11(2)13-10-6-9-12-7-4-3-5-8-12;3*1-2;/h3-11,13H,1-2H3;;;;. The molecule has 1 N–H and O–H groups in total. The molecule has 0 aromatic heterocycles. The first-order chi connectivity index (χ1) is 9.29. The number of benzene rings is 1. The molecule has 0 unspecified atom stereocenters. The quantitative estimate of drug-likeness (QED) is 0.506. The van der Waals surface area contributed by atoms with E-state index in [0.29, 0.717) is 6.04 Å². The van der Waals surface area contributed by atoms with Crippen molar-refractivity contribution in [1.82, 2.24) is 5.32 Å². The van der Waals surface area contributed by atoms with Gasteiger partial charge in [-0.05, 0) is 18.4 Å². The number of nitrogens with one attached hydrogen (secondary N) is 1. The Labute approximate surface area is 131 Å². The second-order valence-corrected chi connectivity index (χ2v) is 3.26. The zero-order valence-electron chi connectivity index (χ0n) is 11.3. The Morgan fingerprint density at radius 1 is 0.950 bits per heavy atom. The van der Waals surface area contributed by atoms with Crippen LogP contribution in [0.5, 0.6) is 0 Å². The fourth-order valence-electron chi connectivity index (χ4n) is 0.971. The summed E-state index contributed by atoms with van der Waals surface area (Å²) in [4.78, 5) is 0. The van der Waals surface area contributed by atoms with Crippen LogP contribution in [0.1, 0.15) is 19.4 Å². The maximum atomic E-state index is 7.50. The van der Waals surface area contributed by atoms with Crippen molar-refractivity contribution in [1.29, 1.82) is 0 Å². The van der Waals surface area contributed by atoms with Crippen LogP contribution in [0.4, 0.5) is 0 Å². The van der Waals surface area contributed by atoms with Crippen molar-refractivity contribution in [2.75, 3.05) is 0 Å². The van der Waals surface area contributed by atoms with Gasteiger partial charge in [0, 0.05) is 29.4 Å². The molecule has 1 aromatic rings. The van der Waals surface area contributed by atoms with Gasteiger partial charge < -0.3 is 5.32 Å². The number of hydrogen-bond donors (Lipinski definition) is 1. The zero-order valence-corrected chi connectivity index (χ0v) is 12.3. The van der Waals surface area contributed by atoms with Gasteiger partial charge in [0.25, 0.3) is 0 Å². The van der Waals surface area contributed by atoms with E-state index < -0.39 is 0 Å². The predicted octanol–water partition coefficient (Wildman–Crippen LogP) is 2.49. The van der Waals surface area contributed by atoms with E-state index in [0.717, 1.165) is 0 Å². The summed E-state index contributed by atoms with van der Waals surface area (Å²) in [6.45, 7) is 19.7. The van der Waals surface area contributed by atoms with Crippen molar-refractivity contribution >= 4 is 0 Å². The SMILES string of the molecule is CC(C)N[CH][CH][CH]c1ccccc1.[C-]#[O+].[C-]#[O+].[C-]#[O+].[Co]. The number of hydrogen-bond acceptors (Lipinski definition) is 1. The van der Waals surface area contributed by atoms with Crippen molar-refractivity contribution in [3.63, 3.8) is 0 Å². The Balaban J connectivity index is -0.000000162. The van der Waals surface area contributed by atoms with Crippen molar-refractivity contribution in [3.05, 3.63) is 75.2 Å². The summed E-state index contributed by atoms with van der Waals surface area (Å²) in [5, 5.41) is 3.20. The molecular weight excluding hydrogens is 301 g/mol. The van der Waals surface area contributed by atoms with Gasteiger partial charge in [-0.3, -0.25) is 0 Å². The van der Waals surface area contributed by atoms with E-state index in [1.807, 2.05) is 31.2 Å². The summed E-state index contributed by atoms with van der Waals surface area (Å²) < 4.78 is 22.5. The van der Waals surface area contributed by atoms with E-state index >= 15 is 0 Å². The van der Waals surface area contributed by atoms with Crippen LogP contribution >= 0.6 is 0 Å². The Morgan fingerprint density at radius 3 is 1.80 bits per heavy atom. The molecule has 1 rings (SSSR count). The normalized spacial score (nSPS) is 7.25. The van der Waals surface area contributed by atoms with Gasteiger partial charge in [0.05, 0.1) is 0 Å². The van der Waals surface area contributed by atoms with Crippen molar-refractivity contribution in [3.8, 4) is 0 Å². The number of rotatable bonds is 5. The molecule has 0 fully saturated rings. The predicted molar refractivity (Wildman–Crippen MR) is 68.5 cm³/mol. The third kappa shape index (κ3) is 22.1. The molecule has 0 spiro atoms. The van der Waals surface area contributed by atoms with Gasteiger partial charge in [-0.2, -0.15) is 0 Å². The van der Waals surface area contributed by atoms with Gasteiger partial charge in [-0.1, -0.05) is 44.2 Å². The van der Waals surface area contributed by atoms with Crippen molar-refractivity contribution < 1.29 is 30.7 Å². The van der Waals surface area contributed by atoms with E-state index in [-0.39, 0.29) is 16.8 Å². The molecule has 0 saturated carbocycles. The summed E-state index contributed by atoms with van der Waals surface area (Å²) >= 11 is 0. The molecule has 20 heavy (non-hydrogen) atoms. The molecule has 0 atom stereocenters. The largest absolute Gasteiger partial charge is 0 e. The van der Waals surface area contributed by atoms with E-state index in [1.165, 1.54) is 5.56 Å². The van der Waals surface area contributed by atoms with Crippen molar-refractivity contribution in [2.45, 2.75) is 19.9 Å². The summed E-state index contributed by atoms with van der Waals surface area (Å²) in [5.74, 6) is 0. The fourth-order valence-corrected chi connectivity index (χ4v) is 0.971. The molecule has 0 saturated heterocycles. The molecule has 0 aliphatic carbocycles. The first-order valence-electron chi connectivity index (χ1n) is 5.21. The van der Waals surface area contributed by atoms with Crippen LogP contribution in [0.2, 0.25) is 0 Å². The van der Waals surface area contributed by atoms with Gasteiger partial charge in [0.2, 0.25) is 0 Å². The minimum Gasteiger partial charge on any atom is 0 e. The summed E-state index contributed by atoms with van der Waals surface area (Å²) in [6, 6.07) is 10.8. The molecule has 0 aliphatic rings. The van der Waals surface area contributed by atoms with Crippen LogP contribution in [0.25, 0.3) is 0 Å². The molecule has 0 heterocycles. The van der Waals surface area contributed by atoms with Crippen LogP contribution in [-0.4, -0.2) is 6.04 Å². The van der Waals surface area contributed by atoms with Gasteiger partial charge in [-0.25, -0.2) is 0 Å². The Kier molecular flexibility index (Phi) is 36.1. The fraction of sp³-hybridized carbons (Fsp3) is 0.200. The molecule has 4 nitrogen and oxygen atoms in total. The Hall–Kier alpha value is -1.09. The van der Waals surface area contributed by atoms with E-state index in [9.17, 15) is 0 Å². The second kappa shape index (κ2) is 26.5.